The summed E-state index contributed by atoms with van der Waals surface area (Å²) in [6, 6.07) is 2.52. The average Bonchev–Trinajstić information content (AvgIpc) is 2.16. The summed E-state index contributed by atoms with van der Waals surface area (Å²) >= 11 is 5.73. The Morgan fingerprint density at radius 2 is 2.12 bits per heavy atom. The van der Waals surface area contributed by atoms with Crippen molar-refractivity contribution in [2.24, 2.45) is 0 Å². The topological polar surface area (TPSA) is 26.3 Å². The van der Waals surface area contributed by atoms with Crippen LogP contribution >= 0.6 is 11.6 Å². The monoisotopic (exact) mass is 248 g/mol. The minimum absolute atomic E-state index is 0.0322. The van der Waals surface area contributed by atoms with Crippen molar-refractivity contribution in [2.75, 3.05) is 6.61 Å². The summed E-state index contributed by atoms with van der Waals surface area (Å²) in [7, 11) is 0. The Morgan fingerprint density at radius 3 is 2.56 bits per heavy atom. The number of alkyl halides is 2. The lowest BCUT2D eigenvalue weighted by molar-refractivity contribution is 0.0995. The maximum atomic E-state index is 12.8. The maximum absolute atomic E-state index is 12.8. The molecule has 0 saturated carbocycles. The van der Waals surface area contributed by atoms with Crippen LogP contribution in [0.3, 0.4) is 0 Å². The van der Waals surface area contributed by atoms with Crippen molar-refractivity contribution in [2.45, 2.75) is 20.3 Å². The second-order valence-corrected chi connectivity index (χ2v) is 3.59. The Kier molecular flexibility index (Phi) is 4.24. The first kappa shape index (κ1) is 12.9. The van der Waals surface area contributed by atoms with E-state index in [1.54, 1.807) is 6.92 Å². The zero-order valence-corrected chi connectivity index (χ0v) is 9.65. The Hall–Kier alpha value is -1.16. The van der Waals surface area contributed by atoms with Crippen molar-refractivity contribution in [1.29, 1.82) is 0 Å². The largest absolute Gasteiger partial charge is 0.493 e. The molecule has 1 aromatic carbocycles. The van der Waals surface area contributed by atoms with Gasteiger partial charge in [0.05, 0.1) is 12.2 Å². The predicted molar refractivity (Wildman–Crippen MR) is 57.6 cm³/mol. The van der Waals surface area contributed by atoms with Crippen molar-refractivity contribution in [3.63, 3.8) is 0 Å². The first-order chi connectivity index (χ1) is 7.47. The van der Waals surface area contributed by atoms with Gasteiger partial charge in [-0.25, -0.2) is 8.78 Å². The Bertz CT molecular complexity index is 405. The molecule has 0 aromatic heterocycles. The third-order valence-electron chi connectivity index (χ3n) is 2.00. The van der Waals surface area contributed by atoms with Crippen LogP contribution in [0, 0.1) is 0 Å². The lowest BCUT2D eigenvalue weighted by atomic mass is 10.0. The number of Topliss-reactive ketones (excluding diaryl/α,β-unsaturated/α-hetero) is 1. The Morgan fingerprint density at radius 1 is 1.50 bits per heavy atom. The van der Waals surface area contributed by atoms with Gasteiger partial charge in [0.2, 0.25) is 0 Å². The number of hydrogen-bond donors (Lipinski definition) is 0. The molecule has 0 fully saturated rings. The fraction of sp³-hybridized carbons (Fsp3) is 0.364. The van der Waals surface area contributed by atoms with Crippen LogP contribution in [0.4, 0.5) is 8.78 Å². The van der Waals surface area contributed by atoms with Crippen molar-refractivity contribution >= 4 is 17.4 Å². The van der Waals surface area contributed by atoms with Crippen molar-refractivity contribution in [3.05, 3.63) is 28.3 Å². The van der Waals surface area contributed by atoms with E-state index in [0.717, 1.165) is 0 Å². The molecule has 0 radical (unpaired) electrons. The van der Waals surface area contributed by atoms with E-state index in [9.17, 15) is 13.6 Å². The molecule has 0 aliphatic rings. The fourth-order valence-corrected chi connectivity index (χ4v) is 1.59. The molecule has 0 saturated heterocycles. The van der Waals surface area contributed by atoms with Gasteiger partial charge in [0.15, 0.2) is 5.78 Å². The number of benzene rings is 1. The molecule has 88 valence electrons. The van der Waals surface area contributed by atoms with Gasteiger partial charge in [-0.2, -0.15) is 0 Å². The van der Waals surface area contributed by atoms with Crippen LogP contribution in [-0.2, 0) is 0 Å². The molecule has 16 heavy (non-hydrogen) atoms. The quantitative estimate of drug-likeness (QED) is 0.756. The van der Waals surface area contributed by atoms with Crippen LogP contribution < -0.4 is 4.74 Å². The highest BCUT2D eigenvalue weighted by molar-refractivity contribution is 6.31. The first-order valence-corrected chi connectivity index (χ1v) is 5.10. The smallest absolute Gasteiger partial charge is 0.268 e. The van der Waals surface area contributed by atoms with Gasteiger partial charge >= 0.3 is 0 Å². The van der Waals surface area contributed by atoms with Gasteiger partial charge in [-0.3, -0.25) is 4.79 Å². The summed E-state index contributed by atoms with van der Waals surface area (Å²) in [5, 5.41) is 0.207. The molecule has 0 unspecified atom stereocenters. The van der Waals surface area contributed by atoms with E-state index in [-0.39, 0.29) is 22.9 Å². The van der Waals surface area contributed by atoms with Crippen LogP contribution in [0.25, 0.3) is 0 Å². The molecule has 0 aliphatic heterocycles. The standard InChI is InChI=1S/C11H11ClF2O2/c1-3-16-9-5-7(12)4-8(6(2)15)10(9)11(13)14/h4-5,11H,3H2,1-2H3. The highest BCUT2D eigenvalue weighted by Gasteiger charge is 2.22. The Balaban J connectivity index is 3.41. The summed E-state index contributed by atoms with van der Waals surface area (Å²) in [6.07, 6.45) is -2.77. The molecule has 0 spiro atoms. The van der Waals surface area contributed by atoms with Gasteiger partial charge in [-0.05, 0) is 26.0 Å². The van der Waals surface area contributed by atoms with Gasteiger partial charge in [0.1, 0.15) is 5.75 Å². The third-order valence-corrected chi connectivity index (χ3v) is 2.22. The van der Waals surface area contributed by atoms with Gasteiger partial charge in [-0.1, -0.05) is 11.6 Å². The third kappa shape index (κ3) is 2.70. The van der Waals surface area contributed by atoms with Gasteiger partial charge in [0, 0.05) is 10.6 Å². The first-order valence-electron chi connectivity index (χ1n) is 4.72. The molecule has 0 atom stereocenters. The van der Waals surface area contributed by atoms with Crippen LogP contribution in [-0.4, -0.2) is 12.4 Å². The number of halogens is 3. The lowest BCUT2D eigenvalue weighted by Crippen LogP contribution is -2.05. The van der Waals surface area contributed by atoms with Crippen molar-refractivity contribution in [3.8, 4) is 5.75 Å². The van der Waals surface area contributed by atoms with Crippen LogP contribution in [0.1, 0.15) is 36.2 Å². The fourth-order valence-electron chi connectivity index (χ4n) is 1.38. The van der Waals surface area contributed by atoms with Crippen LogP contribution in [0.15, 0.2) is 12.1 Å². The summed E-state index contributed by atoms with van der Waals surface area (Å²) in [5.74, 6) is -0.492. The molecule has 1 rings (SSSR count). The molecule has 0 N–H and O–H groups in total. The number of carbonyl (C=O) groups excluding carboxylic acids is 1. The molecular weight excluding hydrogens is 238 g/mol. The van der Waals surface area contributed by atoms with Crippen molar-refractivity contribution in [1.82, 2.24) is 0 Å². The second kappa shape index (κ2) is 5.25. The molecule has 0 heterocycles. The molecule has 0 bridgehead atoms. The van der Waals surface area contributed by atoms with Gasteiger partial charge in [0.25, 0.3) is 6.43 Å². The zero-order valence-electron chi connectivity index (χ0n) is 8.89. The van der Waals surface area contributed by atoms with Gasteiger partial charge in [-0.15, -0.1) is 0 Å². The van der Waals surface area contributed by atoms with Gasteiger partial charge < -0.3 is 4.74 Å². The van der Waals surface area contributed by atoms with E-state index >= 15 is 0 Å². The lowest BCUT2D eigenvalue weighted by Gasteiger charge is -2.13. The number of ether oxygens (including phenoxy) is 1. The van der Waals surface area contributed by atoms with E-state index in [4.69, 9.17) is 16.3 Å². The Labute approximate surface area is 97.2 Å². The minimum Gasteiger partial charge on any atom is -0.493 e. The number of ketones is 1. The zero-order chi connectivity index (χ0) is 12.3. The number of carbonyl (C=O) groups is 1. The number of hydrogen-bond acceptors (Lipinski definition) is 2. The van der Waals surface area contributed by atoms with E-state index in [1.165, 1.54) is 19.1 Å². The summed E-state index contributed by atoms with van der Waals surface area (Å²) < 4.78 is 30.7. The summed E-state index contributed by atoms with van der Waals surface area (Å²) in [6.45, 7) is 3.12. The van der Waals surface area contributed by atoms with E-state index < -0.39 is 17.8 Å². The summed E-state index contributed by atoms with van der Waals surface area (Å²) in [4.78, 5) is 11.2. The van der Waals surface area contributed by atoms with Crippen LogP contribution in [0.5, 0.6) is 5.75 Å². The minimum atomic E-state index is -2.77. The predicted octanol–water partition coefficient (Wildman–Crippen LogP) is 3.88. The van der Waals surface area contributed by atoms with E-state index in [2.05, 4.69) is 0 Å². The number of rotatable bonds is 4. The molecule has 5 heteroatoms. The van der Waals surface area contributed by atoms with Crippen LogP contribution in [0.2, 0.25) is 5.02 Å². The molecular formula is C11H11ClF2O2. The molecule has 1 aromatic rings. The average molecular weight is 249 g/mol. The SMILES string of the molecule is CCOc1cc(Cl)cc(C(C)=O)c1C(F)F. The highest BCUT2D eigenvalue weighted by Crippen LogP contribution is 2.35. The molecule has 2 nitrogen and oxygen atoms in total. The maximum Gasteiger partial charge on any atom is 0.268 e. The second-order valence-electron chi connectivity index (χ2n) is 3.16. The normalized spacial score (nSPS) is 10.6. The molecule has 0 amide bonds. The van der Waals surface area contributed by atoms with E-state index in [0.29, 0.717) is 0 Å². The van der Waals surface area contributed by atoms with Crippen molar-refractivity contribution < 1.29 is 18.3 Å². The van der Waals surface area contributed by atoms with E-state index in [1.807, 2.05) is 0 Å². The molecule has 0 aliphatic carbocycles. The highest BCUT2D eigenvalue weighted by atomic mass is 35.5. The summed E-state index contributed by atoms with van der Waals surface area (Å²) in [5.41, 5.74) is -0.482.